The van der Waals surface area contributed by atoms with Crippen LogP contribution in [0.25, 0.3) is 11.1 Å². The maximum Gasteiger partial charge on any atom is 0.227 e. The van der Waals surface area contributed by atoms with Crippen molar-refractivity contribution in [2.45, 2.75) is 32.6 Å². The predicted molar refractivity (Wildman–Crippen MR) is 74.3 cm³/mol. The number of hydrogen-bond acceptors (Lipinski definition) is 4. The zero-order chi connectivity index (χ0) is 14.1. The fraction of sp³-hybridized carbons (Fsp3) is 0.400. The molecule has 5 heteroatoms. The zero-order valence-corrected chi connectivity index (χ0v) is 11.3. The summed E-state index contributed by atoms with van der Waals surface area (Å²) in [5.41, 5.74) is 2.15. The molecule has 1 aliphatic rings. The Labute approximate surface area is 116 Å². The Morgan fingerprint density at radius 3 is 2.85 bits per heavy atom. The summed E-state index contributed by atoms with van der Waals surface area (Å²) in [4.78, 5) is 27.5. The highest BCUT2D eigenvalue weighted by Crippen LogP contribution is 2.24. The van der Waals surface area contributed by atoms with Gasteiger partial charge < -0.3 is 9.73 Å². The van der Waals surface area contributed by atoms with E-state index in [2.05, 4.69) is 10.3 Å². The molecule has 1 fully saturated rings. The fourth-order valence-electron chi connectivity index (χ4n) is 2.56. The predicted octanol–water partition coefficient (Wildman–Crippen LogP) is 2.83. The molecule has 1 aliphatic carbocycles. The molecule has 0 spiro atoms. The molecule has 0 saturated heterocycles. The van der Waals surface area contributed by atoms with Gasteiger partial charge in [0, 0.05) is 37.4 Å². The van der Waals surface area contributed by atoms with Gasteiger partial charge in [-0.25, -0.2) is 4.98 Å². The van der Waals surface area contributed by atoms with Gasteiger partial charge in [-0.3, -0.25) is 9.59 Å². The third kappa shape index (κ3) is 2.57. The van der Waals surface area contributed by atoms with E-state index in [1.165, 1.54) is 0 Å². The highest BCUT2D eigenvalue weighted by atomic mass is 16.3. The molecule has 1 saturated carbocycles. The summed E-state index contributed by atoms with van der Waals surface area (Å²) >= 11 is 0. The summed E-state index contributed by atoms with van der Waals surface area (Å²) < 4.78 is 5.44. The lowest BCUT2D eigenvalue weighted by molar-refractivity contribution is -0.125. The van der Waals surface area contributed by atoms with E-state index in [4.69, 9.17) is 4.42 Å². The molecule has 0 radical (unpaired) electrons. The monoisotopic (exact) mass is 272 g/mol. The second-order valence-electron chi connectivity index (χ2n) is 5.22. The van der Waals surface area contributed by atoms with Crippen molar-refractivity contribution in [3.63, 3.8) is 0 Å². The first kappa shape index (κ1) is 12.8. The number of benzene rings is 1. The summed E-state index contributed by atoms with van der Waals surface area (Å²) in [6, 6.07) is 5.42. The molecule has 5 nitrogen and oxygen atoms in total. The van der Waals surface area contributed by atoms with Gasteiger partial charge in [-0.1, -0.05) is 0 Å². The van der Waals surface area contributed by atoms with Gasteiger partial charge in [0.1, 0.15) is 11.3 Å². The molecule has 1 amide bonds. The number of ketones is 1. The van der Waals surface area contributed by atoms with Crippen molar-refractivity contribution < 1.29 is 14.0 Å². The minimum absolute atomic E-state index is 0.0203. The van der Waals surface area contributed by atoms with Crippen LogP contribution in [0.15, 0.2) is 22.6 Å². The number of fused-ring (bicyclic) bond motifs is 1. The standard InChI is InChI=1S/C15H16N2O3/c1-9-16-13-7-4-11(8-14(13)20-9)17-15(19)10-2-5-12(18)6-3-10/h4,7-8,10H,2-3,5-6H2,1H3,(H,17,19). The Morgan fingerprint density at radius 1 is 1.35 bits per heavy atom. The van der Waals surface area contributed by atoms with Gasteiger partial charge in [-0.2, -0.15) is 0 Å². The van der Waals surface area contributed by atoms with Crippen LogP contribution in [-0.4, -0.2) is 16.7 Å². The number of Topliss-reactive ketones (excluding diaryl/α,β-unsaturated/α-hetero) is 1. The molecule has 3 rings (SSSR count). The number of aromatic nitrogens is 1. The molecule has 1 aromatic heterocycles. The quantitative estimate of drug-likeness (QED) is 0.912. The summed E-state index contributed by atoms with van der Waals surface area (Å²) in [5, 5.41) is 2.89. The maximum atomic E-state index is 12.1. The maximum absolute atomic E-state index is 12.1. The number of carbonyl (C=O) groups excluding carboxylic acids is 2. The van der Waals surface area contributed by atoms with E-state index in [-0.39, 0.29) is 17.6 Å². The van der Waals surface area contributed by atoms with Crippen molar-refractivity contribution in [2.24, 2.45) is 5.92 Å². The van der Waals surface area contributed by atoms with Crippen molar-refractivity contribution in [3.05, 3.63) is 24.1 Å². The molecular weight excluding hydrogens is 256 g/mol. The van der Waals surface area contributed by atoms with Gasteiger partial charge in [-0.05, 0) is 25.0 Å². The third-order valence-electron chi connectivity index (χ3n) is 3.68. The molecule has 2 aromatic rings. The molecule has 104 valence electrons. The lowest BCUT2D eigenvalue weighted by Gasteiger charge is -2.20. The second-order valence-corrected chi connectivity index (χ2v) is 5.22. The average molecular weight is 272 g/mol. The first-order valence-corrected chi connectivity index (χ1v) is 6.81. The van der Waals surface area contributed by atoms with Crippen molar-refractivity contribution >= 4 is 28.5 Å². The minimum Gasteiger partial charge on any atom is -0.441 e. The van der Waals surface area contributed by atoms with E-state index in [1.807, 2.05) is 12.1 Å². The normalized spacial score (nSPS) is 16.6. The van der Waals surface area contributed by atoms with Gasteiger partial charge in [0.15, 0.2) is 11.5 Å². The number of nitrogens with zero attached hydrogens (tertiary/aromatic N) is 1. The van der Waals surface area contributed by atoms with Crippen LogP contribution in [0.2, 0.25) is 0 Å². The van der Waals surface area contributed by atoms with E-state index in [0.29, 0.717) is 42.8 Å². The first-order valence-electron chi connectivity index (χ1n) is 6.81. The fourth-order valence-corrected chi connectivity index (χ4v) is 2.56. The summed E-state index contributed by atoms with van der Waals surface area (Å²) in [6.07, 6.45) is 2.32. The number of rotatable bonds is 2. The molecule has 0 bridgehead atoms. The van der Waals surface area contributed by atoms with Crippen LogP contribution in [0.3, 0.4) is 0 Å². The van der Waals surface area contributed by atoms with Crippen LogP contribution in [0.5, 0.6) is 0 Å². The SMILES string of the molecule is Cc1nc2ccc(NC(=O)C3CCC(=O)CC3)cc2o1. The van der Waals surface area contributed by atoms with E-state index in [9.17, 15) is 9.59 Å². The van der Waals surface area contributed by atoms with Gasteiger partial charge >= 0.3 is 0 Å². The van der Waals surface area contributed by atoms with Crippen molar-refractivity contribution in [1.29, 1.82) is 0 Å². The second kappa shape index (κ2) is 5.07. The summed E-state index contributed by atoms with van der Waals surface area (Å²) in [7, 11) is 0. The average Bonchev–Trinajstić information content (AvgIpc) is 2.78. The highest BCUT2D eigenvalue weighted by Gasteiger charge is 2.24. The lowest BCUT2D eigenvalue weighted by Crippen LogP contribution is -2.27. The lowest BCUT2D eigenvalue weighted by atomic mass is 9.88. The molecule has 0 unspecified atom stereocenters. The summed E-state index contributed by atoms with van der Waals surface area (Å²) in [5.74, 6) is 0.773. The highest BCUT2D eigenvalue weighted by molar-refractivity contribution is 5.95. The van der Waals surface area contributed by atoms with Crippen LogP contribution in [-0.2, 0) is 9.59 Å². The number of hydrogen-bond donors (Lipinski definition) is 1. The van der Waals surface area contributed by atoms with Gasteiger partial charge in [0.2, 0.25) is 5.91 Å². The molecule has 20 heavy (non-hydrogen) atoms. The number of oxazole rings is 1. The van der Waals surface area contributed by atoms with Crippen LogP contribution in [0.4, 0.5) is 5.69 Å². The first-order chi connectivity index (χ1) is 9.61. The summed E-state index contributed by atoms with van der Waals surface area (Å²) in [6.45, 7) is 1.79. The number of aryl methyl sites for hydroxylation is 1. The van der Waals surface area contributed by atoms with E-state index < -0.39 is 0 Å². The number of amides is 1. The topological polar surface area (TPSA) is 72.2 Å². The number of carbonyl (C=O) groups is 2. The molecule has 1 heterocycles. The van der Waals surface area contributed by atoms with Crippen LogP contribution < -0.4 is 5.32 Å². The largest absolute Gasteiger partial charge is 0.441 e. The Morgan fingerprint density at radius 2 is 2.10 bits per heavy atom. The molecular formula is C15H16N2O3. The minimum atomic E-state index is -0.0696. The van der Waals surface area contributed by atoms with Crippen molar-refractivity contribution in [2.75, 3.05) is 5.32 Å². The molecule has 1 N–H and O–H groups in total. The third-order valence-corrected chi connectivity index (χ3v) is 3.68. The van der Waals surface area contributed by atoms with E-state index >= 15 is 0 Å². The van der Waals surface area contributed by atoms with Crippen LogP contribution in [0.1, 0.15) is 31.6 Å². The number of nitrogens with one attached hydrogen (secondary N) is 1. The Hall–Kier alpha value is -2.17. The smallest absolute Gasteiger partial charge is 0.227 e. The van der Waals surface area contributed by atoms with Crippen molar-refractivity contribution in [3.8, 4) is 0 Å². The Bertz CT molecular complexity index is 665. The Balaban J connectivity index is 1.72. The Kier molecular flexibility index (Phi) is 3.26. The van der Waals surface area contributed by atoms with Crippen LogP contribution in [0, 0.1) is 12.8 Å². The zero-order valence-electron chi connectivity index (χ0n) is 11.3. The molecule has 0 atom stereocenters. The molecule has 1 aromatic carbocycles. The van der Waals surface area contributed by atoms with Gasteiger partial charge in [-0.15, -0.1) is 0 Å². The van der Waals surface area contributed by atoms with Crippen molar-refractivity contribution in [1.82, 2.24) is 4.98 Å². The number of anilines is 1. The van der Waals surface area contributed by atoms with E-state index in [0.717, 1.165) is 5.52 Å². The van der Waals surface area contributed by atoms with Crippen LogP contribution >= 0.6 is 0 Å². The van der Waals surface area contributed by atoms with Gasteiger partial charge in [0.25, 0.3) is 0 Å². The van der Waals surface area contributed by atoms with Gasteiger partial charge in [0.05, 0.1) is 0 Å². The molecule has 0 aliphatic heterocycles. The van der Waals surface area contributed by atoms with E-state index in [1.54, 1.807) is 13.0 Å².